The van der Waals surface area contributed by atoms with Crippen LogP contribution in [0.3, 0.4) is 0 Å². The lowest BCUT2D eigenvalue weighted by Crippen LogP contribution is -2.35. The molecule has 1 aromatic heterocycles. The minimum absolute atomic E-state index is 0.0636. The third-order valence-corrected chi connectivity index (χ3v) is 4.94. The fraction of sp³-hybridized carbons (Fsp3) is 0.438. The van der Waals surface area contributed by atoms with Gasteiger partial charge in [-0.2, -0.15) is 0 Å². The molecule has 0 spiro atoms. The summed E-state index contributed by atoms with van der Waals surface area (Å²) in [7, 11) is 1.93. The quantitative estimate of drug-likeness (QED) is 0.832. The fourth-order valence-corrected chi connectivity index (χ4v) is 3.14. The highest BCUT2D eigenvalue weighted by atomic mass is 32.2. The van der Waals surface area contributed by atoms with Crippen molar-refractivity contribution < 1.29 is 4.79 Å². The van der Waals surface area contributed by atoms with Crippen LogP contribution in [0.15, 0.2) is 35.5 Å². The first-order valence-electron chi connectivity index (χ1n) is 7.52. The Morgan fingerprint density at radius 2 is 2.09 bits per heavy atom. The number of carbonyl (C=O) groups excluding carboxylic acids is 1. The van der Waals surface area contributed by atoms with Crippen molar-refractivity contribution in [3.8, 4) is 11.4 Å². The van der Waals surface area contributed by atoms with Gasteiger partial charge < -0.3 is 9.88 Å². The molecule has 1 fully saturated rings. The first-order valence-corrected chi connectivity index (χ1v) is 8.50. The van der Waals surface area contributed by atoms with Crippen molar-refractivity contribution in [3.63, 3.8) is 0 Å². The highest BCUT2D eigenvalue weighted by Crippen LogP contribution is 2.32. The van der Waals surface area contributed by atoms with Crippen LogP contribution < -0.4 is 5.32 Å². The monoisotopic (exact) mass is 316 g/mol. The summed E-state index contributed by atoms with van der Waals surface area (Å²) >= 11 is 1.42. The maximum atomic E-state index is 12.0. The third-order valence-electron chi connectivity index (χ3n) is 3.92. The van der Waals surface area contributed by atoms with E-state index < -0.39 is 0 Å². The third kappa shape index (κ3) is 3.50. The van der Waals surface area contributed by atoms with E-state index >= 15 is 0 Å². The lowest BCUT2D eigenvalue weighted by Gasteiger charge is -2.12. The van der Waals surface area contributed by atoms with Crippen LogP contribution >= 0.6 is 11.8 Å². The molecule has 1 amide bonds. The summed E-state index contributed by atoms with van der Waals surface area (Å²) in [5.74, 6) is 1.93. The lowest BCUT2D eigenvalue weighted by atomic mass is 10.2. The van der Waals surface area contributed by atoms with E-state index in [2.05, 4.69) is 22.4 Å². The van der Waals surface area contributed by atoms with Crippen LogP contribution in [0.4, 0.5) is 0 Å². The average molecular weight is 316 g/mol. The summed E-state index contributed by atoms with van der Waals surface area (Å²) in [4.78, 5) is 12.0. The minimum atomic E-state index is 0.0636. The van der Waals surface area contributed by atoms with Gasteiger partial charge in [0.1, 0.15) is 0 Å². The summed E-state index contributed by atoms with van der Waals surface area (Å²) in [6.07, 6.45) is 2.47. The summed E-state index contributed by atoms with van der Waals surface area (Å²) in [6, 6.07) is 10.2. The second-order valence-electron chi connectivity index (χ2n) is 5.71. The highest BCUT2D eigenvalue weighted by molar-refractivity contribution is 7.99. The van der Waals surface area contributed by atoms with Gasteiger partial charge in [0, 0.05) is 18.7 Å². The van der Waals surface area contributed by atoms with Gasteiger partial charge >= 0.3 is 0 Å². The Kier molecular flexibility index (Phi) is 4.47. The predicted molar refractivity (Wildman–Crippen MR) is 87.5 cm³/mol. The standard InChI is InChI=1S/C16H20N4OS/c1-11(12-8-9-12)17-14(21)10-22-16-19-18-15(20(16)2)13-6-4-3-5-7-13/h3-7,11-12H,8-10H2,1-2H3,(H,17,21)/t11-/m0/s1. The van der Waals surface area contributed by atoms with Crippen LogP contribution in [-0.4, -0.2) is 32.5 Å². The van der Waals surface area contributed by atoms with Gasteiger partial charge in [0.25, 0.3) is 0 Å². The van der Waals surface area contributed by atoms with Crippen LogP contribution in [0, 0.1) is 5.92 Å². The van der Waals surface area contributed by atoms with Gasteiger partial charge in [0.2, 0.25) is 5.91 Å². The Labute approximate surface area is 134 Å². The first kappa shape index (κ1) is 15.1. The van der Waals surface area contributed by atoms with Crippen molar-refractivity contribution in [1.29, 1.82) is 0 Å². The Bertz CT molecular complexity index is 651. The Morgan fingerprint density at radius 1 is 1.36 bits per heavy atom. The molecule has 1 N–H and O–H groups in total. The number of thioether (sulfide) groups is 1. The molecule has 0 saturated heterocycles. The summed E-state index contributed by atoms with van der Waals surface area (Å²) < 4.78 is 1.93. The van der Waals surface area contributed by atoms with E-state index in [1.54, 1.807) is 0 Å². The van der Waals surface area contributed by atoms with Crippen LogP contribution in [-0.2, 0) is 11.8 Å². The van der Waals surface area contributed by atoms with Gasteiger partial charge in [-0.05, 0) is 25.7 Å². The van der Waals surface area contributed by atoms with E-state index in [9.17, 15) is 4.79 Å². The molecule has 1 aliphatic rings. The van der Waals surface area contributed by atoms with Crippen molar-refractivity contribution in [2.24, 2.45) is 13.0 Å². The highest BCUT2D eigenvalue weighted by Gasteiger charge is 2.28. The number of amides is 1. The van der Waals surface area contributed by atoms with E-state index in [1.807, 2.05) is 41.9 Å². The Balaban J connectivity index is 1.59. The molecule has 0 bridgehead atoms. The lowest BCUT2D eigenvalue weighted by molar-refractivity contribution is -0.119. The smallest absolute Gasteiger partial charge is 0.230 e. The molecule has 1 aliphatic carbocycles. The van der Waals surface area contributed by atoms with Crippen LogP contribution in [0.1, 0.15) is 19.8 Å². The normalized spacial score (nSPS) is 15.5. The molecule has 1 heterocycles. The zero-order valence-electron chi connectivity index (χ0n) is 12.8. The molecular formula is C16H20N4OS. The second kappa shape index (κ2) is 6.52. The number of carbonyl (C=O) groups is 1. The maximum absolute atomic E-state index is 12.0. The maximum Gasteiger partial charge on any atom is 0.230 e. The van der Waals surface area contributed by atoms with Crippen molar-refractivity contribution in [2.45, 2.75) is 31.0 Å². The predicted octanol–water partition coefficient (Wildman–Crippen LogP) is 2.49. The number of nitrogens with zero attached hydrogens (tertiary/aromatic N) is 3. The fourth-order valence-electron chi connectivity index (χ4n) is 2.42. The topological polar surface area (TPSA) is 59.8 Å². The Hall–Kier alpha value is -1.82. The molecule has 6 heteroatoms. The van der Waals surface area contributed by atoms with E-state index in [1.165, 1.54) is 24.6 Å². The van der Waals surface area contributed by atoms with Crippen LogP contribution in [0.2, 0.25) is 0 Å². The van der Waals surface area contributed by atoms with Gasteiger partial charge in [-0.3, -0.25) is 4.79 Å². The Morgan fingerprint density at radius 3 is 2.77 bits per heavy atom. The molecule has 5 nitrogen and oxygen atoms in total. The molecule has 2 aromatic rings. The largest absolute Gasteiger partial charge is 0.353 e. The van der Waals surface area contributed by atoms with Gasteiger partial charge in [-0.1, -0.05) is 42.1 Å². The zero-order valence-corrected chi connectivity index (χ0v) is 13.6. The molecular weight excluding hydrogens is 296 g/mol. The van der Waals surface area contributed by atoms with Crippen molar-refractivity contribution >= 4 is 17.7 Å². The summed E-state index contributed by atoms with van der Waals surface area (Å²) in [6.45, 7) is 2.08. The van der Waals surface area contributed by atoms with Gasteiger partial charge in [0.05, 0.1) is 5.75 Å². The average Bonchev–Trinajstić information content (AvgIpc) is 3.31. The number of benzene rings is 1. The van der Waals surface area contributed by atoms with Gasteiger partial charge in [-0.15, -0.1) is 10.2 Å². The van der Waals surface area contributed by atoms with Crippen molar-refractivity contribution in [3.05, 3.63) is 30.3 Å². The van der Waals surface area contributed by atoms with E-state index in [4.69, 9.17) is 0 Å². The number of nitrogens with one attached hydrogen (secondary N) is 1. The molecule has 22 heavy (non-hydrogen) atoms. The number of rotatable bonds is 6. The number of aromatic nitrogens is 3. The van der Waals surface area contributed by atoms with Gasteiger partial charge in [-0.25, -0.2) is 0 Å². The molecule has 0 unspecified atom stereocenters. The van der Waals surface area contributed by atoms with E-state index in [0.717, 1.165) is 16.5 Å². The zero-order chi connectivity index (χ0) is 15.5. The SMILES string of the molecule is C[C@H](NC(=O)CSc1nnc(-c2ccccc2)n1C)C1CC1. The van der Waals surface area contributed by atoms with Crippen LogP contribution in [0.25, 0.3) is 11.4 Å². The second-order valence-corrected chi connectivity index (χ2v) is 6.66. The first-order chi connectivity index (χ1) is 10.6. The summed E-state index contributed by atoms with van der Waals surface area (Å²) in [5.41, 5.74) is 1.02. The molecule has 1 saturated carbocycles. The van der Waals surface area contributed by atoms with E-state index in [-0.39, 0.29) is 11.9 Å². The number of hydrogen-bond acceptors (Lipinski definition) is 4. The molecule has 116 valence electrons. The molecule has 0 radical (unpaired) electrons. The van der Waals surface area contributed by atoms with Crippen molar-refractivity contribution in [2.75, 3.05) is 5.75 Å². The molecule has 0 aliphatic heterocycles. The summed E-state index contributed by atoms with van der Waals surface area (Å²) in [5, 5.41) is 12.2. The number of hydrogen-bond donors (Lipinski definition) is 1. The molecule has 1 aromatic carbocycles. The minimum Gasteiger partial charge on any atom is -0.353 e. The molecule has 3 rings (SSSR count). The molecule has 1 atom stereocenters. The van der Waals surface area contributed by atoms with Crippen molar-refractivity contribution in [1.82, 2.24) is 20.1 Å². The van der Waals surface area contributed by atoms with Gasteiger partial charge in [0.15, 0.2) is 11.0 Å². The van der Waals surface area contributed by atoms with Crippen LogP contribution in [0.5, 0.6) is 0 Å². The van der Waals surface area contributed by atoms with E-state index in [0.29, 0.717) is 11.7 Å².